The van der Waals surface area contributed by atoms with Crippen LogP contribution in [0.5, 0.6) is 0 Å². The van der Waals surface area contributed by atoms with Crippen LogP contribution in [-0.2, 0) is 6.42 Å². The number of fused-ring (bicyclic) bond motifs is 1. The van der Waals surface area contributed by atoms with Crippen molar-refractivity contribution < 1.29 is 13.9 Å². The van der Waals surface area contributed by atoms with Crippen LogP contribution in [0.3, 0.4) is 0 Å². The average Bonchev–Trinajstić information content (AvgIpc) is 2.87. The highest BCUT2D eigenvalue weighted by molar-refractivity contribution is 7.17. The first kappa shape index (κ1) is 14.2. The van der Waals surface area contributed by atoms with Gasteiger partial charge in [0.1, 0.15) is 11.6 Å². The second-order valence-electron chi connectivity index (χ2n) is 5.07. The van der Waals surface area contributed by atoms with Crippen molar-refractivity contribution in [2.45, 2.75) is 19.4 Å². The highest BCUT2D eigenvalue weighted by Crippen LogP contribution is 2.31. The Kier molecular flexibility index (Phi) is 3.74. The Labute approximate surface area is 125 Å². The Morgan fingerprint density at radius 1 is 1.14 bits per heavy atom. The van der Waals surface area contributed by atoms with Crippen molar-refractivity contribution >= 4 is 21.4 Å². The van der Waals surface area contributed by atoms with Gasteiger partial charge in [0, 0.05) is 11.1 Å². The summed E-state index contributed by atoms with van der Waals surface area (Å²) in [6, 6.07) is 10.4. The summed E-state index contributed by atoms with van der Waals surface area (Å²) in [7, 11) is 0. The number of rotatable bonds is 3. The van der Waals surface area contributed by atoms with Crippen LogP contribution in [0.2, 0.25) is 0 Å². The van der Waals surface area contributed by atoms with Crippen molar-refractivity contribution in [1.82, 2.24) is 0 Å². The molecule has 0 spiro atoms. The molecule has 0 bridgehead atoms. The molecule has 1 heterocycles. The molecule has 4 heteroatoms. The van der Waals surface area contributed by atoms with Gasteiger partial charge in [-0.25, -0.2) is 8.78 Å². The number of hydrogen-bond donors (Lipinski definition) is 1. The Morgan fingerprint density at radius 3 is 2.71 bits per heavy atom. The average molecular weight is 304 g/mol. The van der Waals surface area contributed by atoms with E-state index in [0.717, 1.165) is 15.6 Å². The summed E-state index contributed by atoms with van der Waals surface area (Å²) >= 11 is 1.56. The lowest BCUT2D eigenvalue weighted by Crippen LogP contribution is -2.08. The van der Waals surface area contributed by atoms with Crippen LogP contribution in [0.15, 0.2) is 41.8 Å². The van der Waals surface area contributed by atoms with Crippen molar-refractivity contribution in [1.29, 1.82) is 0 Å². The van der Waals surface area contributed by atoms with Crippen LogP contribution in [-0.4, -0.2) is 5.11 Å². The molecule has 1 unspecified atom stereocenters. The lowest BCUT2D eigenvalue weighted by Gasteiger charge is -2.14. The highest BCUT2D eigenvalue weighted by Gasteiger charge is 2.21. The second kappa shape index (κ2) is 5.54. The third kappa shape index (κ3) is 2.57. The smallest absolute Gasteiger partial charge is 0.134 e. The molecule has 0 radical (unpaired) electrons. The van der Waals surface area contributed by atoms with E-state index in [-0.39, 0.29) is 12.0 Å². The monoisotopic (exact) mass is 304 g/mol. The van der Waals surface area contributed by atoms with E-state index in [0.29, 0.717) is 5.56 Å². The fourth-order valence-electron chi connectivity index (χ4n) is 2.49. The first-order valence-electron chi connectivity index (χ1n) is 6.65. The summed E-state index contributed by atoms with van der Waals surface area (Å²) in [5.74, 6) is -1.37. The molecule has 3 aromatic rings. The third-order valence-corrected chi connectivity index (χ3v) is 4.64. The lowest BCUT2D eigenvalue weighted by molar-refractivity contribution is 0.168. The fraction of sp³-hybridized carbons (Fsp3) is 0.176. The number of hydrogen-bond acceptors (Lipinski definition) is 2. The summed E-state index contributed by atoms with van der Waals surface area (Å²) < 4.78 is 29.0. The molecule has 108 valence electrons. The second-order valence-corrected chi connectivity index (χ2v) is 5.98. The van der Waals surface area contributed by atoms with Gasteiger partial charge in [-0.05, 0) is 40.9 Å². The van der Waals surface area contributed by atoms with Gasteiger partial charge >= 0.3 is 0 Å². The standard InChI is InChI=1S/C17H14F2OS/c1-10-6-7-13(18)16(17(10)19)14(20)8-11-9-21-15-5-3-2-4-12(11)15/h2-7,9,14,20H,8H2,1H3. The summed E-state index contributed by atoms with van der Waals surface area (Å²) in [6.07, 6.45) is -0.996. The fourth-order valence-corrected chi connectivity index (χ4v) is 3.46. The van der Waals surface area contributed by atoms with Gasteiger partial charge in [0.25, 0.3) is 0 Å². The molecule has 0 aliphatic carbocycles. The van der Waals surface area contributed by atoms with Gasteiger partial charge in [-0.15, -0.1) is 11.3 Å². The van der Waals surface area contributed by atoms with Crippen molar-refractivity contribution in [3.63, 3.8) is 0 Å². The van der Waals surface area contributed by atoms with Crippen molar-refractivity contribution in [2.75, 3.05) is 0 Å². The van der Waals surface area contributed by atoms with E-state index in [2.05, 4.69) is 0 Å². The zero-order valence-corrected chi connectivity index (χ0v) is 12.3. The van der Waals surface area contributed by atoms with E-state index >= 15 is 0 Å². The van der Waals surface area contributed by atoms with Gasteiger partial charge in [-0.3, -0.25) is 0 Å². The van der Waals surface area contributed by atoms with Crippen LogP contribution >= 0.6 is 11.3 Å². The molecule has 3 rings (SSSR count). The van der Waals surface area contributed by atoms with E-state index in [4.69, 9.17) is 0 Å². The molecule has 1 nitrogen and oxygen atoms in total. The Balaban J connectivity index is 1.97. The molecule has 0 aliphatic heterocycles. The maximum Gasteiger partial charge on any atom is 0.134 e. The van der Waals surface area contributed by atoms with E-state index < -0.39 is 17.7 Å². The summed E-state index contributed by atoms with van der Waals surface area (Å²) in [4.78, 5) is 0. The van der Waals surface area contributed by atoms with Crippen LogP contribution in [0.25, 0.3) is 10.1 Å². The number of aliphatic hydroxyl groups excluding tert-OH is 1. The molecule has 1 aromatic heterocycles. The maximum atomic E-state index is 14.1. The number of thiophene rings is 1. The molecule has 0 saturated carbocycles. The molecule has 1 atom stereocenters. The normalized spacial score (nSPS) is 12.8. The molecule has 0 saturated heterocycles. The minimum Gasteiger partial charge on any atom is -0.388 e. The van der Waals surface area contributed by atoms with Crippen LogP contribution in [0, 0.1) is 18.6 Å². The largest absolute Gasteiger partial charge is 0.388 e. The van der Waals surface area contributed by atoms with Crippen molar-refractivity contribution in [3.05, 3.63) is 70.1 Å². The number of halogens is 2. The Morgan fingerprint density at radius 2 is 1.90 bits per heavy atom. The van der Waals surface area contributed by atoms with Crippen molar-refractivity contribution in [3.8, 4) is 0 Å². The molecule has 21 heavy (non-hydrogen) atoms. The van der Waals surface area contributed by atoms with Gasteiger partial charge < -0.3 is 5.11 Å². The summed E-state index contributed by atoms with van der Waals surface area (Å²) in [5, 5.41) is 13.2. The minimum atomic E-state index is -1.19. The first-order chi connectivity index (χ1) is 10.1. The summed E-state index contributed by atoms with van der Waals surface area (Å²) in [6.45, 7) is 1.56. The van der Waals surface area contributed by atoms with Crippen LogP contribution in [0.4, 0.5) is 8.78 Å². The van der Waals surface area contributed by atoms with E-state index in [1.54, 1.807) is 18.3 Å². The topological polar surface area (TPSA) is 20.2 Å². The predicted octanol–water partition coefficient (Wildman–Crippen LogP) is 4.76. The van der Waals surface area contributed by atoms with Gasteiger partial charge in [0.05, 0.1) is 11.7 Å². The van der Waals surface area contributed by atoms with Gasteiger partial charge in [-0.2, -0.15) is 0 Å². The van der Waals surface area contributed by atoms with Gasteiger partial charge in [0.15, 0.2) is 0 Å². The van der Waals surface area contributed by atoms with E-state index in [1.165, 1.54) is 12.1 Å². The molecular weight excluding hydrogens is 290 g/mol. The lowest BCUT2D eigenvalue weighted by atomic mass is 9.98. The predicted molar refractivity (Wildman–Crippen MR) is 81.6 cm³/mol. The first-order valence-corrected chi connectivity index (χ1v) is 7.53. The van der Waals surface area contributed by atoms with E-state index in [9.17, 15) is 13.9 Å². The SMILES string of the molecule is Cc1ccc(F)c(C(O)Cc2csc3ccccc23)c1F. The third-order valence-electron chi connectivity index (χ3n) is 3.63. The molecule has 0 aliphatic rings. The zero-order valence-electron chi connectivity index (χ0n) is 11.4. The molecule has 1 N–H and O–H groups in total. The Bertz CT molecular complexity index is 795. The zero-order chi connectivity index (χ0) is 15.0. The molecular formula is C17H14F2OS. The maximum absolute atomic E-state index is 14.1. The molecule has 2 aromatic carbocycles. The molecule has 0 fully saturated rings. The van der Waals surface area contributed by atoms with Crippen LogP contribution in [0.1, 0.15) is 22.8 Å². The van der Waals surface area contributed by atoms with Gasteiger partial charge in [0.2, 0.25) is 0 Å². The quantitative estimate of drug-likeness (QED) is 0.739. The summed E-state index contributed by atoms with van der Waals surface area (Å²) in [5.41, 5.74) is 0.995. The number of aryl methyl sites for hydroxylation is 1. The highest BCUT2D eigenvalue weighted by atomic mass is 32.1. The number of benzene rings is 2. The van der Waals surface area contributed by atoms with E-state index in [1.807, 2.05) is 29.6 Å². The molecule has 0 amide bonds. The Hall–Kier alpha value is -1.78. The van der Waals surface area contributed by atoms with Crippen LogP contribution < -0.4 is 0 Å². The number of aliphatic hydroxyl groups is 1. The van der Waals surface area contributed by atoms with Crippen molar-refractivity contribution in [2.24, 2.45) is 0 Å². The van der Waals surface area contributed by atoms with Gasteiger partial charge in [-0.1, -0.05) is 24.3 Å². The minimum absolute atomic E-state index is 0.196.